The maximum absolute atomic E-state index is 12.7. The molecular weight excluding hydrogens is 423 g/mol. The van der Waals surface area contributed by atoms with Gasteiger partial charge in [0.05, 0.1) is 34.8 Å². The molecule has 0 bridgehead atoms. The predicted octanol–water partition coefficient (Wildman–Crippen LogP) is 5.01. The number of aromatic nitrogens is 1. The number of hydrogen-bond donors (Lipinski definition) is 1. The number of nitrogens with zero attached hydrogens (tertiary/aromatic N) is 2. The van der Waals surface area contributed by atoms with Crippen LogP contribution in [-0.4, -0.2) is 29.1 Å². The number of carbonyl (C=O) groups is 2. The number of benzene rings is 2. The van der Waals surface area contributed by atoms with Crippen LogP contribution >= 0.6 is 34.5 Å². The number of fused-ring (bicyclic) bond motifs is 1. The number of halogens is 2. The molecule has 28 heavy (non-hydrogen) atoms. The van der Waals surface area contributed by atoms with E-state index in [0.29, 0.717) is 32.0 Å². The second kappa shape index (κ2) is 8.77. The van der Waals surface area contributed by atoms with Gasteiger partial charge < -0.3 is 14.7 Å². The van der Waals surface area contributed by atoms with Gasteiger partial charge in [0.15, 0.2) is 0 Å². The Bertz CT molecular complexity index is 1020. The maximum Gasteiger partial charge on any atom is 0.303 e. The van der Waals surface area contributed by atoms with Crippen LogP contribution in [0.1, 0.15) is 17.8 Å². The van der Waals surface area contributed by atoms with Gasteiger partial charge >= 0.3 is 5.97 Å². The van der Waals surface area contributed by atoms with Gasteiger partial charge in [-0.3, -0.25) is 9.59 Å². The molecule has 3 aromatic rings. The number of hydrogen-bond acceptors (Lipinski definition) is 5. The lowest BCUT2D eigenvalue weighted by Gasteiger charge is -2.22. The van der Waals surface area contributed by atoms with Gasteiger partial charge in [0.2, 0.25) is 5.91 Å². The summed E-state index contributed by atoms with van der Waals surface area (Å²) >= 11 is 13.7. The zero-order valence-corrected chi connectivity index (χ0v) is 17.1. The van der Waals surface area contributed by atoms with E-state index < -0.39 is 5.97 Å². The highest BCUT2D eigenvalue weighted by atomic mass is 35.5. The summed E-state index contributed by atoms with van der Waals surface area (Å²) in [6.45, 7) is 0.193. The normalized spacial score (nSPS) is 10.8. The van der Waals surface area contributed by atoms with Gasteiger partial charge in [0.25, 0.3) is 0 Å². The van der Waals surface area contributed by atoms with Crippen molar-refractivity contribution in [3.63, 3.8) is 0 Å². The van der Waals surface area contributed by atoms with E-state index >= 15 is 0 Å². The highest BCUT2D eigenvalue weighted by Gasteiger charge is 2.20. The minimum atomic E-state index is -1.02. The molecule has 0 unspecified atom stereocenters. The van der Waals surface area contributed by atoms with Crippen LogP contribution in [0.3, 0.4) is 0 Å². The van der Waals surface area contributed by atoms with Gasteiger partial charge in [-0.2, -0.15) is 0 Å². The zero-order chi connectivity index (χ0) is 20.3. The fourth-order valence-corrected chi connectivity index (χ4v) is 4.00. The van der Waals surface area contributed by atoms with E-state index in [-0.39, 0.29) is 25.3 Å². The SMILES string of the molecule is COc1ccc(N(Cc2nc3c(Cl)c(Cl)ccc3s2)C(=O)CCC(=O)O)cc1. The van der Waals surface area contributed by atoms with Crippen molar-refractivity contribution < 1.29 is 19.4 Å². The van der Waals surface area contributed by atoms with Crippen LogP contribution in [0.15, 0.2) is 36.4 Å². The summed E-state index contributed by atoms with van der Waals surface area (Å²) in [4.78, 5) is 29.6. The Morgan fingerprint density at radius 3 is 2.50 bits per heavy atom. The number of aliphatic carboxylic acids is 1. The zero-order valence-electron chi connectivity index (χ0n) is 14.8. The number of thiazole rings is 1. The summed E-state index contributed by atoms with van der Waals surface area (Å²) in [6.07, 6.45) is -0.356. The first-order valence-corrected chi connectivity index (χ1v) is 9.86. The van der Waals surface area contributed by atoms with Crippen LogP contribution in [0, 0.1) is 0 Å². The third-order valence-corrected chi connectivity index (χ3v) is 5.83. The Morgan fingerprint density at radius 2 is 1.86 bits per heavy atom. The molecular formula is C19H16Cl2N2O4S. The number of carboxylic acid groups (broad SMARTS) is 1. The minimum absolute atomic E-state index is 0.112. The molecule has 6 nitrogen and oxygen atoms in total. The lowest BCUT2D eigenvalue weighted by molar-refractivity contribution is -0.138. The van der Waals surface area contributed by atoms with Gasteiger partial charge in [-0.25, -0.2) is 4.98 Å². The van der Waals surface area contributed by atoms with Crippen molar-refractivity contribution in [1.82, 2.24) is 4.98 Å². The molecule has 3 rings (SSSR count). The van der Waals surface area contributed by atoms with E-state index in [1.807, 2.05) is 6.07 Å². The van der Waals surface area contributed by atoms with E-state index in [9.17, 15) is 9.59 Å². The van der Waals surface area contributed by atoms with Gasteiger partial charge in [-0.1, -0.05) is 23.2 Å². The Labute approximate surface area is 175 Å². The molecule has 146 valence electrons. The van der Waals surface area contributed by atoms with Crippen LogP contribution in [0.5, 0.6) is 5.75 Å². The number of methoxy groups -OCH3 is 1. The molecule has 0 saturated heterocycles. The first kappa shape index (κ1) is 20.4. The van der Waals surface area contributed by atoms with Crippen LogP contribution in [-0.2, 0) is 16.1 Å². The average Bonchev–Trinajstić information content (AvgIpc) is 3.11. The van der Waals surface area contributed by atoms with Gasteiger partial charge in [0, 0.05) is 12.1 Å². The van der Waals surface area contributed by atoms with Crippen molar-refractivity contribution in [3.05, 3.63) is 51.5 Å². The smallest absolute Gasteiger partial charge is 0.303 e. The fraction of sp³-hybridized carbons (Fsp3) is 0.211. The summed E-state index contributed by atoms with van der Waals surface area (Å²) < 4.78 is 6.01. The molecule has 1 aromatic heterocycles. The minimum Gasteiger partial charge on any atom is -0.497 e. The lowest BCUT2D eigenvalue weighted by atomic mass is 10.2. The van der Waals surface area contributed by atoms with E-state index in [1.165, 1.54) is 16.2 Å². The Morgan fingerprint density at radius 1 is 1.14 bits per heavy atom. The molecule has 0 aliphatic heterocycles. The summed E-state index contributed by atoms with van der Waals surface area (Å²) in [6, 6.07) is 10.5. The molecule has 0 radical (unpaired) electrons. The Balaban J connectivity index is 1.92. The predicted molar refractivity (Wildman–Crippen MR) is 111 cm³/mol. The van der Waals surface area contributed by atoms with Crippen molar-refractivity contribution in [2.75, 3.05) is 12.0 Å². The third kappa shape index (κ3) is 4.55. The quantitative estimate of drug-likeness (QED) is 0.560. The fourth-order valence-electron chi connectivity index (χ4n) is 2.62. The summed E-state index contributed by atoms with van der Waals surface area (Å²) in [5.74, 6) is -0.677. The molecule has 0 spiro atoms. The molecule has 0 saturated carbocycles. The first-order valence-electron chi connectivity index (χ1n) is 8.28. The highest BCUT2D eigenvalue weighted by molar-refractivity contribution is 7.18. The number of ether oxygens (including phenoxy) is 1. The lowest BCUT2D eigenvalue weighted by Crippen LogP contribution is -2.30. The highest BCUT2D eigenvalue weighted by Crippen LogP contribution is 2.34. The largest absolute Gasteiger partial charge is 0.497 e. The van der Waals surface area contributed by atoms with Crippen molar-refractivity contribution >= 4 is 62.3 Å². The van der Waals surface area contributed by atoms with E-state index in [4.69, 9.17) is 33.0 Å². The van der Waals surface area contributed by atoms with Gasteiger partial charge in [-0.15, -0.1) is 11.3 Å². The molecule has 1 N–H and O–H groups in total. The summed E-state index contributed by atoms with van der Waals surface area (Å²) in [5, 5.41) is 10.3. The molecule has 2 aromatic carbocycles. The van der Waals surface area contributed by atoms with Crippen molar-refractivity contribution in [2.45, 2.75) is 19.4 Å². The van der Waals surface area contributed by atoms with Crippen LogP contribution in [0.25, 0.3) is 10.2 Å². The summed E-state index contributed by atoms with van der Waals surface area (Å²) in [7, 11) is 1.56. The maximum atomic E-state index is 12.7. The van der Waals surface area contributed by atoms with Crippen LogP contribution < -0.4 is 9.64 Å². The van der Waals surface area contributed by atoms with Crippen molar-refractivity contribution in [1.29, 1.82) is 0 Å². The number of anilines is 1. The number of carbonyl (C=O) groups excluding carboxylic acids is 1. The molecule has 9 heteroatoms. The molecule has 1 heterocycles. The van der Waals surface area contributed by atoms with Crippen molar-refractivity contribution in [3.8, 4) is 5.75 Å². The average molecular weight is 439 g/mol. The topological polar surface area (TPSA) is 79.7 Å². The van der Waals surface area contributed by atoms with E-state index in [2.05, 4.69) is 4.98 Å². The van der Waals surface area contributed by atoms with E-state index in [1.54, 1.807) is 37.4 Å². The number of amides is 1. The van der Waals surface area contributed by atoms with Crippen molar-refractivity contribution in [2.24, 2.45) is 0 Å². The second-order valence-electron chi connectivity index (χ2n) is 5.89. The van der Waals surface area contributed by atoms with Gasteiger partial charge in [-0.05, 0) is 36.4 Å². The van der Waals surface area contributed by atoms with Crippen LogP contribution in [0.2, 0.25) is 10.0 Å². The third-order valence-electron chi connectivity index (χ3n) is 4.03. The monoisotopic (exact) mass is 438 g/mol. The summed E-state index contributed by atoms with van der Waals surface area (Å²) in [5.41, 5.74) is 1.21. The molecule has 0 aliphatic rings. The number of rotatable bonds is 7. The standard InChI is InChI=1S/C19H16Cl2N2O4S/c1-27-12-4-2-11(3-5-12)23(16(24)8-9-17(25)26)10-15-22-19-14(28-15)7-6-13(20)18(19)21/h2-7H,8-10H2,1H3,(H,25,26). The molecule has 0 aliphatic carbocycles. The molecule has 1 amide bonds. The van der Waals surface area contributed by atoms with Gasteiger partial charge in [0.1, 0.15) is 16.3 Å². The van der Waals surface area contributed by atoms with E-state index in [0.717, 1.165) is 4.70 Å². The van der Waals surface area contributed by atoms with Crippen LogP contribution in [0.4, 0.5) is 5.69 Å². The Kier molecular flexibility index (Phi) is 6.39. The number of carboxylic acids is 1. The second-order valence-corrected chi connectivity index (χ2v) is 7.79. The Hall–Kier alpha value is -2.35. The first-order chi connectivity index (χ1) is 13.4. The molecule has 0 fully saturated rings. The molecule has 0 atom stereocenters.